The summed E-state index contributed by atoms with van der Waals surface area (Å²) in [6, 6.07) is 0.573. The van der Waals surface area contributed by atoms with Crippen LogP contribution in [-0.4, -0.2) is 41.5 Å². The molecule has 0 saturated carbocycles. The number of rotatable bonds is 5. The van der Waals surface area contributed by atoms with Crippen molar-refractivity contribution in [2.24, 2.45) is 5.92 Å². The Kier molecular flexibility index (Phi) is 3.74. The normalized spacial score (nSPS) is 20.6. The zero-order chi connectivity index (χ0) is 11.4. The van der Waals surface area contributed by atoms with E-state index in [1.54, 1.807) is 0 Å². The van der Waals surface area contributed by atoms with Gasteiger partial charge in [0, 0.05) is 25.6 Å². The van der Waals surface area contributed by atoms with Crippen LogP contribution in [0.2, 0.25) is 0 Å². The van der Waals surface area contributed by atoms with Gasteiger partial charge in [0.1, 0.15) is 0 Å². The fraction of sp³-hybridized carbons (Fsp3) is 0.800. The summed E-state index contributed by atoms with van der Waals surface area (Å²) in [6.45, 7) is 5.45. The number of hydrogen-bond acceptors (Lipinski definition) is 6. The largest absolute Gasteiger partial charge is 0.407 e. The van der Waals surface area contributed by atoms with Crippen molar-refractivity contribution in [2.75, 3.05) is 31.1 Å². The molecule has 1 aliphatic rings. The van der Waals surface area contributed by atoms with Crippen molar-refractivity contribution in [1.29, 1.82) is 0 Å². The first-order chi connectivity index (χ1) is 7.83. The third-order valence-electron chi connectivity index (χ3n) is 2.80. The van der Waals surface area contributed by atoms with Crippen molar-refractivity contribution in [1.82, 2.24) is 15.5 Å². The minimum absolute atomic E-state index is 0.231. The molecule has 0 spiro atoms. The summed E-state index contributed by atoms with van der Waals surface area (Å²) < 4.78 is 5.52. The summed E-state index contributed by atoms with van der Waals surface area (Å²) in [5, 5.41) is 20.2. The van der Waals surface area contributed by atoms with Crippen molar-refractivity contribution in [3.05, 3.63) is 5.89 Å². The van der Waals surface area contributed by atoms with Gasteiger partial charge < -0.3 is 19.7 Å². The van der Waals surface area contributed by atoms with E-state index in [2.05, 4.69) is 15.5 Å². The molecule has 1 fully saturated rings. The zero-order valence-electron chi connectivity index (χ0n) is 9.52. The first-order valence-electron chi connectivity index (χ1n) is 5.72. The molecule has 0 bridgehead atoms. The van der Waals surface area contributed by atoms with Gasteiger partial charge in [-0.25, -0.2) is 0 Å². The number of hydrogen-bond donors (Lipinski definition) is 2. The predicted octanol–water partition coefficient (Wildman–Crippen LogP) is -0.00230. The van der Waals surface area contributed by atoms with Gasteiger partial charge in [-0.3, -0.25) is 0 Å². The van der Waals surface area contributed by atoms with E-state index in [9.17, 15) is 0 Å². The standard InChI is InChI=1S/C10H18N4O2/c1-2-11-5-9-12-13-10(16-9)14-4-3-8(6-14)7-15/h8,11,15H,2-7H2,1H3. The minimum Gasteiger partial charge on any atom is -0.407 e. The van der Waals surface area contributed by atoms with Crippen LogP contribution in [0, 0.1) is 5.92 Å². The molecule has 6 nitrogen and oxygen atoms in total. The van der Waals surface area contributed by atoms with Crippen LogP contribution in [0.5, 0.6) is 0 Å². The third kappa shape index (κ3) is 2.51. The molecule has 2 N–H and O–H groups in total. The molecule has 0 radical (unpaired) electrons. The monoisotopic (exact) mass is 226 g/mol. The number of nitrogens with zero attached hydrogens (tertiary/aromatic N) is 3. The molecule has 0 amide bonds. The first-order valence-corrected chi connectivity index (χ1v) is 5.72. The van der Waals surface area contributed by atoms with Crippen molar-refractivity contribution < 1.29 is 9.52 Å². The predicted molar refractivity (Wildman–Crippen MR) is 59.1 cm³/mol. The number of aliphatic hydroxyl groups excluding tert-OH is 1. The highest BCUT2D eigenvalue weighted by Gasteiger charge is 2.25. The second-order valence-corrected chi connectivity index (χ2v) is 4.04. The Morgan fingerprint density at radius 2 is 2.44 bits per heavy atom. The van der Waals surface area contributed by atoms with Crippen LogP contribution in [0.15, 0.2) is 4.42 Å². The molecule has 2 heterocycles. The Morgan fingerprint density at radius 3 is 3.12 bits per heavy atom. The van der Waals surface area contributed by atoms with Crippen LogP contribution in [0.1, 0.15) is 19.2 Å². The Bertz CT molecular complexity index is 328. The van der Waals surface area contributed by atoms with Gasteiger partial charge in [-0.15, -0.1) is 5.10 Å². The molecule has 6 heteroatoms. The van der Waals surface area contributed by atoms with Crippen LogP contribution in [0.25, 0.3) is 0 Å². The molecule has 16 heavy (non-hydrogen) atoms. The van der Waals surface area contributed by atoms with Gasteiger partial charge in [-0.2, -0.15) is 0 Å². The smallest absolute Gasteiger partial charge is 0.318 e. The molecule has 1 saturated heterocycles. The van der Waals surface area contributed by atoms with E-state index in [1.165, 1.54) is 0 Å². The Balaban J connectivity index is 1.92. The van der Waals surface area contributed by atoms with E-state index in [4.69, 9.17) is 9.52 Å². The molecule has 1 atom stereocenters. The highest BCUT2D eigenvalue weighted by molar-refractivity contribution is 5.26. The molecule has 0 aromatic carbocycles. The van der Waals surface area contributed by atoms with E-state index in [0.717, 1.165) is 26.1 Å². The molecular formula is C10H18N4O2. The summed E-state index contributed by atoms with van der Waals surface area (Å²) in [5.74, 6) is 0.952. The van der Waals surface area contributed by atoms with Gasteiger partial charge in [0.15, 0.2) is 0 Å². The van der Waals surface area contributed by atoms with Crippen LogP contribution < -0.4 is 10.2 Å². The fourth-order valence-electron chi connectivity index (χ4n) is 1.83. The fourth-order valence-corrected chi connectivity index (χ4v) is 1.83. The van der Waals surface area contributed by atoms with Crippen molar-refractivity contribution in [3.8, 4) is 0 Å². The first kappa shape index (κ1) is 11.3. The van der Waals surface area contributed by atoms with Gasteiger partial charge in [-0.1, -0.05) is 12.0 Å². The Hall–Kier alpha value is -1.14. The Morgan fingerprint density at radius 1 is 1.56 bits per heavy atom. The maximum absolute atomic E-state index is 9.05. The van der Waals surface area contributed by atoms with Crippen LogP contribution in [0.4, 0.5) is 6.01 Å². The molecule has 2 rings (SSSR count). The van der Waals surface area contributed by atoms with Gasteiger partial charge >= 0.3 is 6.01 Å². The topological polar surface area (TPSA) is 74.4 Å². The molecule has 90 valence electrons. The minimum atomic E-state index is 0.231. The van der Waals surface area contributed by atoms with Crippen molar-refractivity contribution >= 4 is 6.01 Å². The molecule has 1 aromatic heterocycles. The second-order valence-electron chi connectivity index (χ2n) is 4.04. The summed E-state index contributed by atoms with van der Waals surface area (Å²) >= 11 is 0. The summed E-state index contributed by atoms with van der Waals surface area (Å²) in [7, 11) is 0. The maximum Gasteiger partial charge on any atom is 0.318 e. The van der Waals surface area contributed by atoms with E-state index in [1.807, 2.05) is 11.8 Å². The lowest BCUT2D eigenvalue weighted by molar-refractivity contribution is 0.238. The molecule has 1 aromatic rings. The molecule has 0 aliphatic carbocycles. The summed E-state index contributed by atoms with van der Waals surface area (Å²) in [5.41, 5.74) is 0. The van der Waals surface area contributed by atoms with Gasteiger partial charge in [0.25, 0.3) is 0 Å². The molecular weight excluding hydrogens is 208 g/mol. The van der Waals surface area contributed by atoms with E-state index in [0.29, 0.717) is 24.4 Å². The second kappa shape index (κ2) is 5.27. The number of nitrogens with one attached hydrogen (secondary N) is 1. The van der Waals surface area contributed by atoms with Crippen molar-refractivity contribution in [2.45, 2.75) is 19.9 Å². The Labute approximate surface area is 94.7 Å². The van der Waals surface area contributed by atoms with Crippen LogP contribution >= 0.6 is 0 Å². The average molecular weight is 226 g/mol. The van der Waals surface area contributed by atoms with Crippen LogP contribution in [0.3, 0.4) is 0 Å². The molecule has 1 aliphatic heterocycles. The van der Waals surface area contributed by atoms with Gasteiger partial charge in [0.2, 0.25) is 5.89 Å². The lowest BCUT2D eigenvalue weighted by Gasteiger charge is -2.11. The number of anilines is 1. The molecule has 1 unspecified atom stereocenters. The van der Waals surface area contributed by atoms with Gasteiger partial charge in [0.05, 0.1) is 6.54 Å². The highest BCUT2D eigenvalue weighted by atomic mass is 16.4. The quantitative estimate of drug-likeness (QED) is 0.736. The van der Waals surface area contributed by atoms with Gasteiger partial charge in [-0.05, 0) is 13.0 Å². The van der Waals surface area contributed by atoms with E-state index in [-0.39, 0.29) is 6.61 Å². The summed E-state index contributed by atoms with van der Waals surface area (Å²) in [4.78, 5) is 2.03. The van der Waals surface area contributed by atoms with Crippen LogP contribution in [-0.2, 0) is 6.54 Å². The maximum atomic E-state index is 9.05. The van der Waals surface area contributed by atoms with E-state index >= 15 is 0 Å². The highest BCUT2D eigenvalue weighted by Crippen LogP contribution is 2.22. The average Bonchev–Trinajstić information content (AvgIpc) is 2.94. The SMILES string of the molecule is CCNCc1nnc(N2CCC(CO)C2)o1. The van der Waals surface area contributed by atoms with Crippen molar-refractivity contribution in [3.63, 3.8) is 0 Å². The van der Waals surface area contributed by atoms with E-state index < -0.39 is 0 Å². The number of aliphatic hydroxyl groups is 1. The number of aromatic nitrogens is 2. The lowest BCUT2D eigenvalue weighted by Crippen LogP contribution is -2.20. The lowest BCUT2D eigenvalue weighted by atomic mass is 10.1. The zero-order valence-corrected chi connectivity index (χ0v) is 9.52. The summed E-state index contributed by atoms with van der Waals surface area (Å²) in [6.07, 6.45) is 0.988. The third-order valence-corrected chi connectivity index (χ3v) is 2.80.